The number of rotatable bonds is 9. The number of carbonyl (C=O) groups is 2. The fraction of sp³-hybridized carbons (Fsp3) is 0.440. The van der Waals surface area contributed by atoms with Crippen molar-refractivity contribution < 1.29 is 9.59 Å². The Kier molecular flexibility index (Phi) is 7.33. The van der Waals surface area contributed by atoms with Gasteiger partial charge in [-0.25, -0.2) is 0 Å². The molecule has 2 amide bonds. The van der Waals surface area contributed by atoms with Crippen LogP contribution in [-0.4, -0.2) is 55.0 Å². The Balaban J connectivity index is 1.37. The van der Waals surface area contributed by atoms with Crippen LogP contribution >= 0.6 is 0 Å². The van der Waals surface area contributed by atoms with E-state index in [1.165, 1.54) is 5.56 Å². The van der Waals surface area contributed by atoms with Crippen LogP contribution in [0.4, 0.5) is 5.69 Å². The Labute approximate surface area is 184 Å². The van der Waals surface area contributed by atoms with E-state index in [1.807, 2.05) is 41.3 Å². The average molecular weight is 421 g/mol. The molecule has 6 nitrogen and oxygen atoms in total. The minimum Gasteiger partial charge on any atom is -0.353 e. The van der Waals surface area contributed by atoms with Crippen molar-refractivity contribution in [2.24, 2.45) is 0 Å². The summed E-state index contributed by atoms with van der Waals surface area (Å²) in [6.45, 7) is 4.29. The number of nitrogens with one attached hydrogen (secondary N) is 2. The van der Waals surface area contributed by atoms with Gasteiger partial charge in [0.15, 0.2) is 0 Å². The van der Waals surface area contributed by atoms with Gasteiger partial charge in [-0.15, -0.1) is 0 Å². The molecule has 1 saturated heterocycles. The summed E-state index contributed by atoms with van der Waals surface area (Å²) in [5, 5.41) is 6.54. The van der Waals surface area contributed by atoms with E-state index in [4.69, 9.17) is 0 Å². The van der Waals surface area contributed by atoms with E-state index in [1.54, 1.807) is 0 Å². The molecular formula is C25H32N4O2. The lowest BCUT2D eigenvalue weighted by Gasteiger charge is -2.36. The Hall–Kier alpha value is -2.70. The van der Waals surface area contributed by atoms with E-state index in [9.17, 15) is 9.59 Å². The van der Waals surface area contributed by atoms with Crippen LogP contribution in [0.3, 0.4) is 0 Å². The first-order valence-corrected chi connectivity index (χ1v) is 11.3. The maximum Gasteiger partial charge on any atom is 0.227 e. The molecule has 2 aliphatic rings. The first-order chi connectivity index (χ1) is 15.2. The number of hydrogen-bond donors (Lipinski definition) is 2. The molecule has 1 atom stereocenters. The molecule has 0 radical (unpaired) electrons. The number of amides is 2. The molecule has 0 aromatic heterocycles. The molecule has 1 aliphatic carbocycles. The highest BCUT2D eigenvalue weighted by Crippen LogP contribution is 2.20. The predicted octanol–water partition coefficient (Wildman–Crippen LogP) is 2.55. The standard InChI is InChI=1S/C25H32N4O2/c30-24(27-21-11-12-21)13-14-25(31)29(23-9-5-2-6-10-23)19-22-18-28(16-15-26-22)17-20-7-3-1-4-8-20/h1-10,21-22,26H,11-19H2,(H,27,30)/t22-/m0/s1. The summed E-state index contributed by atoms with van der Waals surface area (Å²) >= 11 is 0. The number of benzene rings is 2. The Morgan fingerprint density at radius 2 is 1.71 bits per heavy atom. The molecule has 2 fully saturated rings. The van der Waals surface area contributed by atoms with E-state index < -0.39 is 0 Å². The summed E-state index contributed by atoms with van der Waals surface area (Å²) < 4.78 is 0. The molecule has 2 N–H and O–H groups in total. The third-order valence-electron chi connectivity index (χ3n) is 5.87. The van der Waals surface area contributed by atoms with E-state index in [2.05, 4.69) is 39.8 Å². The highest BCUT2D eigenvalue weighted by molar-refractivity contribution is 5.95. The van der Waals surface area contributed by atoms with Crippen LogP contribution in [-0.2, 0) is 16.1 Å². The molecular weight excluding hydrogens is 388 g/mol. The first-order valence-electron chi connectivity index (χ1n) is 11.3. The van der Waals surface area contributed by atoms with Crippen molar-refractivity contribution in [2.75, 3.05) is 31.1 Å². The molecule has 2 aromatic rings. The second-order valence-electron chi connectivity index (χ2n) is 8.55. The van der Waals surface area contributed by atoms with Crippen LogP contribution in [0.25, 0.3) is 0 Å². The van der Waals surface area contributed by atoms with E-state index >= 15 is 0 Å². The van der Waals surface area contributed by atoms with Gasteiger partial charge in [0, 0.05) is 63.3 Å². The van der Waals surface area contributed by atoms with Crippen molar-refractivity contribution >= 4 is 17.5 Å². The zero-order valence-electron chi connectivity index (χ0n) is 18.0. The third kappa shape index (κ3) is 6.64. The van der Waals surface area contributed by atoms with Gasteiger partial charge in [-0.3, -0.25) is 14.5 Å². The van der Waals surface area contributed by atoms with E-state index in [0.717, 1.165) is 44.7 Å². The molecule has 6 heteroatoms. The predicted molar refractivity (Wildman–Crippen MR) is 123 cm³/mol. The zero-order chi connectivity index (χ0) is 21.5. The summed E-state index contributed by atoms with van der Waals surface area (Å²) in [7, 11) is 0. The fourth-order valence-electron chi connectivity index (χ4n) is 4.06. The molecule has 1 saturated carbocycles. The molecule has 1 heterocycles. The summed E-state index contributed by atoms with van der Waals surface area (Å²) in [5.41, 5.74) is 2.19. The Morgan fingerprint density at radius 3 is 2.42 bits per heavy atom. The minimum absolute atomic E-state index is 0.000806. The Bertz CT molecular complexity index is 854. The number of carbonyl (C=O) groups excluding carboxylic acids is 2. The Morgan fingerprint density at radius 1 is 1.00 bits per heavy atom. The van der Waals surface area contributed by atoms with Crippen molar-refractivity contribution in [3.05, 3.63) is 66.2 Å². The fourth-order valence-corrected chi connectivity index (χ4v) is 4.06. The number of hydrogen-bond acceptors (Lipinski definition) is 4. The van der Waals surface area contributed by atoms with Crippen LogP contribution in [0.15, 0.2) is 60.7 Å². The normalized spacial score (nSPS) is 19.0. The summed E-state index contributed by atoms with van der Waals surface area (Å²) in [4.78, 5) is 29.4. The molecule has 0 unspecified atom stereocenters. The smallest absolute Gasteiger partial charge is 0.227 e. The van der Waals surface area contributed by atoms with Gasteiger partial charge in [0.1, 0.15) is 0 Å². The van der Waals surface area contributed by atoms with Crippen LogP contribution in [0.2, 0.25) is 0 Å². The highest BCUT2D eigenvalue weighted by Gasteiger charge is 2.26. The number of nitrogens with zero attached hydrogens (tertiary/aromatic N) is 2. The SMILES string of the molecule is O=C(CCC(=O)N(C[C@@H]1CN(Cc2ccccc2)CCN1)c1ccccc1)NC1CC1. The largest absolute Gasteiger partial charge is 0.353 e. The molecule has 31 heavy (non-hydrogen) atoms. The molecule has 0 spiro atoms. The number of anilines is 1. The molecule has 2 aromatic carbocycles. The van der Waals surface area contributed by atoms with Crippen LogP contribution in [0.5, 0.6) is 0 Å². The van der Waals surface area contributed by atoms with E-state index in [-0.39, 0.29) is 30.7 Å². The van der Waals surface area contributed by atoms with Crippen molar-refractivity contribution in [1.29, 1.82) is 0 Å². The van der Waals surface area contributed by atoms with Crippen LogP contribution < -0.4 is 15.5 Å². The van der Waals surface area contributed by atoms with Gasteiger partial charge in [0.25, 0.3) is 0 Å². The summed E-state index contributed by atoms with van der Waals surface area (Å²) in [5.74, 6) is -0.0205. The molecule has 1 aliphatic heterocycles. The second kappa shape index (κ2) is 10.6. The monoisotopic (exact) mass is 420 g/mol. The van der Waals surface area contributed by atoms with Crippen LogP contribution in [0.1, 0.15) is 31.2 Å². The lowest BCUT2D eigenvalue weighted by molar-refractivity contribution is -0.125. The van der Waals surface area contributed by atoms with Crippen molar-refractivity contribution in [3.8, 4) is 0 Å². The van der Waals surface area contributed by atoms with Gasteiger partial charge >= 0.3 is 0 Å². The lowest BCUT2D eigenvalue weighted by atomic mass is 10.1. The van der Waals surface area contributed by atoms with E-state index in [0.29, 0.717) is 12.6 Å². The molecule has 4 rings (SSSR count). The third-order valence-corrected chi connectivity index (χ3v) is 5.87. The second-order valence-corrected chi connectivity index (χ2v) is 8.55. The van der Waals surface area contributed by atoms with Crippen molar-refractivity contribution in [3.63, 3.8) is 0 Å². The zero-order valence-corrected chi connectivity index (χ0v) is 18.0. The number of para-hydroxylation sites is 1. The van der Waals surface area contributed by atoms with Crippen LogP contribution in [0, 0.1) is 0 Å². The highest BCUT2D eigenvalue weighted by atomic mass is 16.2. The quantitative estimate of drug-likeness (QED) is 0.654. The van der Waals surface area contributed by atoms with Crippen molar-refractivity contribution in [2.45, 2.75) is 44.3 Å². The minimum atomic E-state index is -0.0197. The maximum absolute atomic E-state index is 13.1. The molecule has 164 valence electrons. The van der Waals surface area contributed by atoms with Gasteiger partial charge in [-0.2, -0.15) is 0 Å². The van der Waals surface area contributed by atoms with Gasteiger partial charge in [-0.1, -0.05) is 48.5 Å². The number of piperazine rings is 1. The van der Waals surface area contributed by atoms with Gasteiger partial charge < -0.3 is 15.5 Å². The van der Waals surface area contributed by atoms with Gasteiger partial charge in [0.2, 0.25) is 11.8 Å². The maximum atomic E-state index is 13.1. The summed E-state index contributed by atoms with van der Waals surface area (Å²) in [6, 6.07) is 20.8. The van der Waals surface area contributed by atoms with Gasteiger partial charge in [-0.05, 0) is 30.5 Å². The first kappa shape index (κ1) is 21.5. The topological polar surface area (TPSA) is 64.7 Å². The summed E-state index contributed by atoms with van der Waals surface area (Å²) in [6.07, 6.45) is 2.59. The lowest BCUT2D eigenvalue weighted by Crippen LogP contribution is -2.55. The van der Waals surface area contributed by atoms with Crippen molar-refractivity contribution in [1.82, 2.24) is 15.5 Å². The van der Waals surface area contributed by atoms with Gasteiger partial charge in [0.05, 0.1) is 0 Å². The average Bonchev–Trinajstić information content (AvgIpc) is 3.61. The molecule has 0 bridgehead atoms.